The van der Waals surface area contributed by atoms with E-state index in [-0.39, 0.29) is 29.6 Å². The number of benzene rings is 1. The number of aromatic carboxylic acids is 1. The molecule has 0 spiro atoms. The van der Waals surface area contributed by atoms with Crippen LogP contribution in [-0.4, -0.2) is 33.6 Å². The number of aromatic nitrogens is 2. The number of hydrogen-bond acceptors (Lipinski definition) is 6. The Bertz CT molecular complexity index is 991. The summed E-state index contributed by atoms with van der Waals surface area (Å²) in [6, 6.07) is 9.59. The van der Waals surface area contributed by atoms with Crippen LogP contribution in [0.2, 0.25) is 0 Å². The molecule has 0 N–H and O–H groups in total. The van der Waals surface area contributed by atoms with Crippen LogP contribution < -0.4 is 10.7 Å². The Kier molecular flexibility index (Phi) is 4.34. The minimum Gasteiger partial charge on any atom is -0.543 e. The maximum Gasteiger partial charge on any atom is 0.275 e. The highest BCUT2D eigenvalue weighted by Gasteiger charge is 2.16. The van der Waals surface area contributed by atoms with Gasteiger partial charge in [0.2, 0.25) is 5.91 Å². The lowest BCUT2D eigenvalue weighted by atomic mass is 10.1. The first kappa shape index (κ1) is 16.4. The van der Waals surface area contributed by atoms with E-state index < -0.39 is 17.4 Å². The predicted molar refractivity (Wildman–Crippen MR) is 85.5 cm³/mol. The first-order valence-electron chi connectivity index (χ1n) is 7.45. The molecular weight excluding hydrogens is 326 g/mol. The minimum atomic E-state index is -1.51. The summed E-state index contributed by atoms with van der Waals surface area (Å²) in [5.74, 6) is -1.34. The van der Waals surface area contributed by atoms with E-state index in [1.807, 2.05) is 0 Å². The van der Waals surface area contributed by atoms with Crippen LogP contribution in [0.5, 0.6) is 0 Å². The number of carbonyl (C=O) groups excluding carboxylic acids is 2. The van der Waals surface area contributed by atoms with Crippen LogP contribution in [0.3, 0.4) is 0 Å². The second-order valence-electron chi connectivity index (χ2n) is 5.47. The number of fused-ring (bicyclic) bond motifs is 1. The van der Waals surface area contributed by atoms with Crippen LogP contribution in [-0.2, 0) is 17.9 Å². The fraction of sp³-hybridized carbons (Fsp3) is 0.176. The standard InChI is InChI=1S/C17H15N3O5/c1-19(9-11-5-4-8-25-11)14(21)10-20-16(22)13-7-3-2-6-12(13)15(18-20)17(23)24/h2-8H,9-10H2,1H3,(H,23,24)/p-1. The van der Waals surface area contributed by atoms with Crippen LogP contribution in [0.1, 0.15) is 16.2 Å². The molecule has 1 aromatic carbocycles. The van der Waals surface area contributed by atoms with E-state index in [9.17, 15) is 19.5 Å². The van der Waals surface area contributed by atoms with Crippen LogP contribution >= 0.6 is 0 Å². The second kappa shape index (κ2) is 6.60. The maximum absolute atomic E-state index is 12.5. The molecular formula is C17H14N3O5-. The highest BCUT2D eigenvalue weighted by molar-refractivity contribution is 6.00. The van der Waals surface area contributed by atoms with E-state index in [1.54, 1.807) is 31.3 Å². The molecule has 0 saturated carbocycles. The highest BCUT2D eigenvalue weighted by atomic mass is 16.4. The van der Waals surface area contributed by atoms with Crippen molar-refractivity contribution < 1.29 is 19.1 Å². The van der Waals surface area contributed by atoms with Gasteiger partial charge in [0, 0.05) is 12.4 Å². The van der Waals surface area contributed by atoms with Gasteiger partial charge in [-0.2, -0.15) is 5.10 Å². The summed E-state index contributed by atoms with van der Waals surface area (Å²) >= 11 is 0. The molecule has 3 rings (SSSR count). The molecule has 0 fully saturated rings. The lowest BCUT2D eigenvalue weighted by molar-refractivity contribution is -0.255. The number of hydrogen-bond donors (Lipinski definition) is 0. The molecule has 0 aliphatic heterocycles. The third-order valence-corrected chi connectivity index (χ3v) is 3.74. The summed E-state index contributed by atoms with van der Waals surface area (Å²) in [6.07, 6.45) is 1.50. The lowest BCUT2D eigenvalue weighted by Gasteiger charge is -2.17. The molecule has 0 saturated heterocycles. The molecule has 8 heteroatoms. The van der Waals surface area contributed by atoms with Gasteiger partial charge in [0.1, 0.15) is 18.0 Å². The van der Waals surface area contributed by atoms with E-state index in [1.165, 1.54) is 23.3 Å². The zero-order valence-electron chi connectivity index (χ0n) is 13.3. The third kappa shape index (κ3) is 3.27. The summed E-state index contributed by atoms with van der Waals surface area (Å²) in [5.41, 5.74) is -0.919. The van der Waals surface area contributed by atoms with Crippen molar-refractivity contribution in [3.63, 3.8) is 0 Å². The third-order valence-electron chi connectivity index (χ3n) is 3.74. The molecule has 1 amide bonds. The minimum absolute atomic E-state index is 0.165. The molecule has 25 heavy (non-hydrogen) atoms. The molecule has 3 aromatic rings. The van der Waals surface area contributed by atoms with Gasteiger partial charge in [0.05, 0.1) is 24.2 Å². The molecule has 0 atom stereocenters. The Morgan fingerprint density at radius 2 is 1.92 bits per heavy atom. The molecule has 128 valence electrons. The number of amides is 1. The zero-order chi connectivity index (χ0) is 18.0. The summed E-state index contributed by atoms with van der Waals surface area (Å²) in [7, 11) is 1.55. The van der Waals surface area contributed by atoms with Crippen molar-refractivity contribution in [3.05, 3.63) is 64.5 Å². The Morgan fingerprint density at radius 3 is 2.56 bits per heavy atom. The molecule has 0 unspecified atom stereocenters. The normalized spacial score (nSPS) is 10.8. The number of nitrogens with zero attached hydrogens (tertiary/aromatic N) is 3. The van der Waals surface area contributed by atoms with E-state index in [4.69, 9.17) is 4.42 Å². The van der Waals surface area contributed by atoms with Crippen molar-refractivity contribution in [2.75, 3.05) is 7.05 Å². The SMILES string of the molecule is CN(Cc1ccco1)C(=O)Cn1nc(C(=O)[O-])c2ccccc2c1=O. The van der Waals surface area contributed by atoms with E-state index >= 15 is 0 Å². The van der Waals surface area contributed by atoms with Gasteiger partial charge in [-0.05, 0) is 18.2 Å². The largest absolute Gasteiger partial charge is 0.543 e. The molecule has 2 aromatic heterocycles. The van der Waals surface area contributed by atoms with Crippen molar-refractivity contribution in [1.29, 1.82) is 0 Å². The van der Waals surface area contributed by atoms with Gasteiger partial charge in [-0.1, -0.05) is 18.2 Å². The van der Waals surface area contributed by atoms with E-state index in [0.29, 0.717) is 5.76 Å². The van der Waals surface area contributed by atoms with Crippen molar-refractivity contribution >= 4 is 22.6 Å². The maximum atomic E-state index is 12.5. The second-order valence-corrected chi connectivity index (χ2v) is 5.47. The molecule has 0 radical (unpaired) electrons. The molecule has 8 nitrogen and oxygen atoms in total. The van der Waals surface area contributed by atoms with Gasteiger partial charge in [-0.3, -0.25) is 9.59 Å². The highest BCUT2D eigenvalue weighted by Crippen LogP contribution is 2.12. The van der Waals surface area contributed by atoms with Gasteiger partial charge < -0.3 is 19.2 Å². The summed E-state index contributed by atoms with van der Waals surface area (Å²) in [5, 5.41) is 15.4. The Morgan fingerprint density at radius 1 is 1.20 bits per heavy atom. The number of rotatable bonds is 5. The van der Waals surface area contributed by atoms with Gasteiger partial charge in [-0.15, -0.1) is 0 Å². The number of furan rings is 1. The Labute approximate surface area is 141 Å². The average Bonchev–Trinajstić information content (AvgIpc) is 3.10. The summed E-state index contributed by atoms with van der Waals surface area (Å²) in [4.78, 5) is 37.5. The predicted octanol–water partition coefficient (Wildman–Crippen LogP) is 0.0116. The average molecular weight is 340 g/mol. The van der Waals surface area contributed by atoms with Crippen LogP contribution in [0.4, 0.5) is 0 Å². The Hall–Kier alpha value is -3.42. The van der Waals surface area contributed by atoms with Crippen molar-refractivity contribution in [2.45, 2.75) is 13.1 Å². The molecule has 0 bridgehead atoms. The Balaban J connectivity index is 1.93. The number of carboxylic acid groups (broad SMARTS) is 1. The van der Waals surface area contributed by atoms with E-state index in [2.05, 4.69) is 5.10 Å². The molecule has 0 aliphatic rings. The van der Waals surface area contributed by atoms with Gasteiger partial charge in [0.25, 0.3) is 5.56 Å². The van der Waals surface area contributed by atoms with Gasteiger partial charge in [-0.25, -0.2) is 4.68 Å². The monoisotopic (exact) mass is 340 g/mol. The van der Waals surface area contributed by atoms with Crippen molar-refractivity contribution in [2.24, 2.45) is 0 Å². The first-order chi connectivity index (χ1) is 12.0. The van der Waals surface area contributed by atoms with Gasteiger partial charge >= 0.3 is 0 Å². The van der Waals surface area contributed by atoms with Crippen molar-refractivity contribution in [3.8, 4) is 0 Å². The number of carbonyl (C=O) groups is 2. The number of carboxylic acids is 1. The van der Waals surface area contributed by atoms with Crippen LogP contribution in [0.25, 0.3) is 10.8 Å². The smallest absolute Gasteiger partial charge is 0.275 e. The fourth-order valence-electron chi connectivity index (χ4n) is 2.47. The van der Waals surface area contributed by atoms with E-state index in [0.717, 1.165) is 4.68 Å². The topological polar surface area (TPSA) is 108 Å². The van der Waals surface area contributed by atoms with Gasteiger partial charge in [0.15, 0.2) is 0 Å². The zero-order valence-corrected chi connectivity index (χ0v) is 13.3. The van der Waals surface area contributed by atoms with Crippen LogP contribution in [0.15, 0.2) is 51.9 Å². The first-order valence-corrected chi connectivity index (χ1v) is 7.45. The summed E-state index contributed by atoms with van der Waals surface area (Å²) < 4.78 is 6.01. The molecule has 2 heterocycles. The van der Waals surface area contributed by atoms with Crippen LogP contribution in [0, 0.1) is 0 Å². The summed E-state index contributed by atoms with van der Waals surface area (Å²) in [6.45, 7) is -0.164. The lowest BCUT2D eigenvalue weighted by Crippen LogP contribution is -2.36. The fourth-order valence-corrected chi connectivity index (χ4v) is 2.47. The van der Waals surface area contributed by atoms with Crippen molar-refractivity contribution in [1.82, 2.24) is 14.7 Å². The quantitative estimate of drug-likeness (QED) is 0.647. The molecule has 0 aliphatic carbocycles. The number of likely N-dealkylation sites (N-methyl/N-ethyl adjacent to an activating group) is 1.